The molecule has 0 bridgehead atoms. The summed E-state index contributed by atoms with van der Waals surface area (Å²) in [5, 5.41) is 11.3. The minimum atomic E-state index is -0.925. The molecule has 2 fully saturated rings. The first kappa shape index (κ1) is 10.7. The molecule has 4 heteroatoms. The van der Waals surface area contributed by atoms with Crippen molar-refractivity contribution in [1.29, 1.82) is 0 Å². The minimum absolute atomic E-state index is 0.0191. The monoisotopic (exact) mass is 213 g/mol. The topological polar surface area (TPSA) is 61.9 Å². The van der Waals surface area contributed by atoms with Crippen LogP contribution in [-0.2, 0) is 4.74 Å². The Kier molecular flexibility index (Phi) is 3.46. The maximum Gasteiger partial charge on any atom is 0.404 e. The van der Waals surface area contributed by atoms with Gasteiger partial charge in [-0.25, -0.2) is 4.79 Å². The molecule has 1 amide bonds. The van der Waals surface area contributed by atoms with Gasteiger partial charge >= 0.3 is 6.09 Å². The van der Waals surface area contributed by atoms with E-state index in [1.165, 1.54) is 32.1 Å². The summed E-state index contributed by atoms with van der Waals surface area (Å²) in [5.41, 5.74) is 0. The molecule has 1 saturated heterocycles. The molecule has 0 unspecified atom stereocenters. The lowest BCUT2D eigenvalue weighted by Gasteiger charge is -2.25. The molecule has 1 aliphatic carbocycles. The van der Waals surface area contributed by atoms with E-state index in [0.717, 1.165) is 13.0 Å². The lowest BCUT2D eigenvalue weighted by molar-refractivity contribution is 0.179. The van der Waals surface area contributed by atoms with E-state index in [1.54, 1.807) is 0 Å². The molecule has 1 saturated carbocycles. The Morgan fingerprint density at radius 2 is 2.07 bits per heavy atom. The summed E-state index contributed by atoms with van der Waals surface area (Å²) in [6.45, 7) is 0.720. The predicted octanol–water partition coefficient (Wildman–Crippen LogP) is 1.99. The van der Waals surface area contributed by atoms with Crippen molar-refractivity contribution in [2.24, 2.45) is 5.92 Å². The number of nitrogens with one attached hydrogen (secondary N) is 1. The van der Waals surface area contributed by atoms with Gasteiger partial charge in [0.25, 0.3) is 0 Å². The number of ether oxygens (including phenoxy) is 1. The Bertz CT molecular complexity index is 222. The van der Waals surface area contributed by atoms with Crippen molar-refractivity contribution in [3.05, 3.63) is 0 Å². The highest BCUT2D eigenvalue weighted by Gasteiger charge is 2.35. The summed E-state index contributed by atoms with van der Waals surface area (Å²) < 4.78 is 5.19. The molecule has 0 spiro atoms. The van der Waals surface area contributed by atoms with Crippen LogP contribution in [0.25, 0.3) is 0 Å². The molecule has 1 heterocycles. The van der Waals surface area contributed by atoms with Crippen molar-refractivity contribution in [2.45, 2.75) is 50.7 Å². The van der Waals surface area contributed by atoms with Crippen LogP contribution in [0, 0.1) is 5.92 Å². The van der Waals surface area contributed by atoms with Crippen LogP contribution in [-0.4, -0.2) is 30.0 Å². The summed E-state index contributed by atoms with van der Waals surface area (Å²) in [4.78, 5) is 10.6. The van der Waals surface area contributed by atoms with Crippen molar-refractivity contribution >= 4 is 6.09 Å². The van der Waals surface area contributed by atoms with Crippen molar-refractivity contribution in [2.75, 3.05) is 6.61 Å². The third-order valence-corrected chi connectivity index (χ3v) is 3.43. The Morgan fingerprint density at radius 3 is 2.60 bits per heavy atom. The third-order valence-electron chi connectivity index (χ3n) is 3.43. The van der Waals surface area contributed by atoms with Gasteiger partial charge in [-0.2, -0.15) is 0 Å². The van der Waals surface area contributed by atoms with Gasteiger partial charge in [0.05, 0.1) is 12.6 Å². The number of carbonyl (C=O) groups is 1. The van der Waals surface area contributed by atoms with Gasteiger partial charge in [-0.3, -0.25) is 0 Å². The number of hydrogen-bond acceptors (Lipinski definition) is 2. The molecule has 2 rings (SSSR count). The van der Waals surface area contributed by atoms with Gasteiger partial charge in [-0.05, 0) is 12.3 Å². The summed E-state index contributed by atoms with van der Waals surface area (Å²) in [5.74, 6) is 0.694. The van der Waals surface area contributed by atoms with Crippen LogP contribution in [0.1, 0.15) is 38.5 Å². The third kappa shape index (κ3) is 3.38. The summed E-state index contributed by atoms with van der Waals surface area (Å²) in [6.07, 6.45) is 6.63. The van der Waals surface area contributed by atoms with Gasteiger partial charge in [0, 0.05) is 0 Å². The van der Waals surface area contributed by atoms with E-state index in [1.807, 2.05) is 0 Å². The van der Waals surface area contributed by atoms with Crippen molar-refractivity contribution < 1.29 is 14.6 Å². The summed E-state index contributed by atoms with van der Waals surface area (Å²) in [6, 6.07) is 0.0191. The van der Waals surface area contributed by atoms with E-state index < -0.39 is 6.09 Å². The molecular weight excluding hydrogens is 194 g/mol. The lowest BCUT2D eigenvalue weighted by atomic mass is 9.84. The van der Waals surface area contributed by atoms with Gasteiger partial charge < -0.3 is 15.2 Å². The molecule has 86 valence electrons. The zero-order valence-electron chi connectivity index (χ0n) is 8.95. The van der Waals surface area contributed by atoms with E-state index >= 15 is 0 Å². The van der Waals surface area contributed by atoms with Crippen LogP contribution in [0.3, 0.4) is 0 Å². The highest BCUT2D eigenvalue weighted by atomic mass is 16.6. The van der Waals surface area contributed by atoms with Crippen LogP contribution in [0.4, 0.5) is 4.79 Å². The summed E-state index contributed by atoms with van der Waals surface area (Å²) >= 11 is 0. The molecule has 4 nitrogen and oxygen atoms in total. The molecule has 2 N–H and O–H groups in total. The van der Waals surface area contributed by atoms with Crippen LogP contribution < -0.4 is 5.32 Å². The fraction of sp³-hybridized carbons (Fsp3) is 0.909. The predicted molar refractivity (Wildman–Crippen MR) is 55.9 cm³/mol. The quantitative estimate of drug-likeness (QED) is 0.702. The first-order valence-electron chi connectivity index (χ1n) is 5.87. The van der Waals surface area contributed by atoms with Crippen LogP contribution in [0.15, 0.2) is 0 Å². The molecule has 0 aromatic carbocycles. The van der Waals surface area contributed by atoms with Crippen LogP contribution >= 0.6 is 0 Å². The molecule has 1 aliphatic heterocycles. The average molecular weight is 213 g/mol. The molecule has 0 aromatic rings. The zero-order chi connectivity index (χ0) is 10.7. The van der Waals surface area contributed by atoms with E-state index in [-0.39, 0.29) is 12.1 Å². The van der Waals surface area contributed by atoms with Gasteiger partial charge in [0.15, 0.2) is 0 Å². The Balaban J connectivity index is 1.79. The van der Waals surface area contributed by atoms with Crippen molar-refractivity contribution in [1.82, 2.24) is 5.32 Å². The second-order valence-corrected chi connectivity index (χ2v) is 4.67. The Hall–Kier alpha value is -0.770. The largest absolute Gasteiger partial charge is 0.465 e. The Morgan fingerprint density at radius 1 is 1.40 bits per heavy atom. The number of epoxide rings is 1. The van der Waals surface area contributed by atoms with Gasteiger partial charge in [0.2, 0.25) is 0 Å². The highest BCUT2D eigenvalue weighted by molar-refractivity contribution is 5.65. The van der Waals surface area contributed by atoms with E-state index in [0.29, 0.717) is 5.92 Å². The van der Waals surface area contributed by atoms with Crippen molar-refractivity contribution in [3.8, 4) is 0 Å². The number of hydrogen-bond donors (Lipinski definition) is 2. The van der Waals surface area contributed by atoms with E-state index in [9.17, 15) is 4.79 Å². The first-order chi connectivity index (χ1) is 7.25. The van der Waals surface area contributed by atoms with Crippen LogP contribution in [0.5, 0.6) is 0 Å². The fourth-order valence-electron chi connectivity index (χ4n) is 2.53. The fourth-order valence-corrected chi connectivity index (χ4v) is 2.53. The number of amides is 1. The average Bonchev–Trinajstić information content (AvgIpc) is 3.01. The second-order valence-electron chi connectivity index (χ2n) is 4.67. The molecule has 2 aliphatic rings. The molecular formula is C11H19NO3. The second kappa shape index (κ2) is 4.84. The molecule has 15 heavy (non-hydrogen) atoms. The molecule has 0 aromatic heterocycles. The zero-order valence-corrected chi connectivity index (χ0v) is 8.95. The number of carboxylic acid groups (broad SMARTS) is 1. The Labute approximate surface area is 90.0 Å². The number of rotatable bonds is 4. The van der Waals surface area contributed by atoms with Gasteiger partial charge in [-0.1, -0.05) is 32.1 Å². The smallest absolute Gasteiger partial charge is 0.404 e. The SMILES string of the molecule is O=C(O)N[C@@H](CC1CCCCC1)[C@@H]1CO1. The lowest BCUT2D eigenvalue weighted by Crippen LogP contribution is -2.39. The van der Waals surface area contributed by atoms with E-state index in [2.05, 4.69) is 5.32 Å². The normalized spacial score (nSPS) is 28.4. The highest BCUT2D eigenvalue weighted by Crippen LogP contribution is 2.30. The van der Waals surface area contributed by atoms with Crippen LogP contribution in [0.2, 0.25) is 0 Å². The maximum absolute atomic E-state index is 10.6. The minimum Gasteiger partial charge on any atom is -0.465 e. The standard InChI is InChI=1S/C11H19NO3/c13-11(14)12-9(10-7-15-10)6-8-4-2-1-3-5-8/h8-10,12H,1-7H2,(H,13,14)/t9-,10-/m0/s1. The molecule has 0 radical (unpaired) electrons. The summed E-state index contributed by atoms with van der Waals surface area (Å²) in [7, 11) is 0. The van der Waals surface area contributed by atoms with Crippen molar-refractivity contribution in [3.63, 3.8) is 0 Å². The van der Waals surface area contributed by atoms with Gasteiger partial charge in [0.1, 0.15) is 6.10 Å². The van der Waals surface area contributed by atoms with E-state index in [4.69, 9.17) is 9.84 Å². The first-order valence-corrected chi connectivity index (χ1v) is 5.87. The maximum atomic E-state index is 10.6. The molecule has 2 atom stereocenters. The van der Waals surface area contributed by atoms with Gasteiger partial charge in [-0.15, -0.1) is 0 Å².